The van der Waals surface area contributed by atoms with Crippen LogP contribution in [0.4, 0.5) is 11.8 Å². The van der Waals surface area contributed by atoms with Gasteiger partial charge in [0, 0.05) is 36.6 Å². The van der Waals surface area contributed by atoms with E-state index in [0.717, 1.165) is 47.7 Å². The Hall–Kier alpha value is -4.10. The number of nitrogens with zero attached hydrogens (tertiary/aromatic N) is 4. The quantitative estimate of drug-likeness (QED) is 0.297. The Morgan fingerprint density at radius 2 is 1.74 bits per heavy atom. The topological polar surface area (TPSA) is 79.0 Å². The summed E-state index contributed by atoms with van der Waals surface area (Å²) in [6.45, 7) is 2.04. The van der Waals surface area contributed by atoms with Gasteiger partial charge in [-0.1, -0.05) is 66.2 Å². The number of benzene rings is 3. The highest BCUT2D eigenvalue weighted by Crippen LogP contribution is 2.34. The normalized spacial score (nSPS) is 12.7. The molecule has 0 spiro atoms. The monoisotopic (exact) mass is 482 g/mol. The van der Waals surface area contributed by atoms with Gasteiger partial charge in [0.2, 0.25) is 5.95 Å². The van der Waals surface area contributed by atoms with E-state index in [0.29, 0.717) is 28.9 Å². The number of hydrogen-bond donors (Lipinski definition) is 2. The van der Waals surface area contributed by atoms with Crippen molar-refractivity contribution in [2.75, 3.05) is 16.8 Å². The van der Waals surface area contributed by atoms with Crippen LogP contribution in [0.25, 0.3) is 11.0 Å². The minimum atomic E-state index is 0.406. The zero-order valence-corrected chi connectivity index (χ0v) is 19.7. The Balaban J connectivity index is 1.29. The van der Waals surface area contributed by atoms with Gasteiger partial charge in [-0.2, -0.15) is 15.1 Å². The van der Waals surface area contributed by atoms with E-state index in [1.54, 1.807) is 0 Å². The first kappa shape index (κ1) is 21.4. The lowest BCUT2D eigenvalue weighted by Gasteiger charge is -2.28. The van der Waals surface area contributed by atoms with Crippen LogP contribution in [-0.4, -0.2) is 26.7 Å². The minimum Gasteiger partial charge on any atom is -0.457 e. The van der Waals surface area contributed by atoms with Crippen LogP contribution < -0.4 is 15.0 Å². The number of aromatic amines is 1. The predicted octanol–water partition coefficient (Wildman–Crippen LogP) is 5.97. The number of hydrogen-bond acceptors (Lipinski definition) is 6. The van der Waals surface area contributed by atoms with Crippen molar-refractivity contribution in [3.05, 3.63) is 101 Å². The van der Waals surface area contributed by atoms with Crippen molar-refractivity contribution in [2.45, 2.75) is 19.5 Å². The van der Waals surface area contributed by atoms with Crippen LogP contribution in [0.15, 0.2) is 78.9 Å². The summed E-state index contributed by atoms with van der Waals surface area (Å²) in [7, 11) is 0. The van der Waals surface area contributed by atoms with E-state index in [-0.39, 0.29) is 0 Å². The van der Waals surface area contributed by atoms with Crippen molar-refractivity contribution >= 4 is 34.4 Å². The second kappa shape index (κ2) is 9.27. The molecule has 0 aliphatic carbocycles. The molecule has 2 N–H and O–H groups in total. The zero-order valence-electron chi connectivity index (χ0n) is 18.9. The largest absolute Gasteiger partial charge is 0.457 e. The first-order chi connectivity index (χ1) is 17.2. The van der Waals surface area contributed by atoms with Gasteiger partial charge < -0.3 is 15.0 Å². The number of H-pyrrole nitrogens is 1. The molecule has 0 atom stereocenters. The number of rotatable bonds is 7. The number of para-hydroxylation sites is 1. The van der Waals surface area contributed by atoms with Crippen molar-refractivity contribution in [3.63, 3.8) is 0 Å². The maximum atomic E-state index is 6.55. The van der Waals surface area contributed by atoms with Gasteiger partial charge >= 0.3 is 0 Å². The third-order valence-electron chi connectivity index (χ3n) is 6.09. The van der Waals surface area contributed by atoms with Crippen LogP contribution in [-0.2, 0) is 19.5 Å². The molecule has 6 rings (SSSR count). The molecule has 5 aromatic rings. The van der Waals surface area contributed by atoms with Gasteiger partial charge in [-0.3, -0.25) is 5.10 Å². The third-order valence-corrected chi connectivity index (χ3v) is 6.44. The Morgan fingerprint density at radius 3 is 2.57 bits per heavy atom. The standard InChI is InChI=1S/C27H23ClN6O/c28-21-12-7-13-23(35-19-10-5-2-6-11-19)20(21)16-29-27-30-25-24-22(32-33-25)14-15-34(26(24)31-27)17-18-8-3-1-4-9-18/h1-13H,14-17H2,(H2,29,30,31,32,33). The van der Waals surface area contributed by atoms with Crippen molar-refractivity contribution in [2.24, 2.45) is 0 Å². The van der Waals surface area contributed by atoms with E-state index in [1.165, 1.54) is 5.56 Å². The fourth-order valence-corrected chi connectivity index (χ4v) is 4.59. The first-order valence-corrected chi connectivity index (χ1v) is 11.9. The van der Waals surface area contributed by atoms with Crippen molar-refractivity contribution in [3.8, 4) is 11.5 Å². The lowest BCUT2D eigenvalue weighted by Crippen LogP contribution is -2.29. The summed E-state index contributed by atoms with van der Waals surface area (Å²) in [6.07, 6.45) is 0.881. The molecule has 0 amide bonds. The molecule has 0 fully saturated rings. The molecule has 174 valence electrons. The summed E-state index contributed by atoms with van der Waals surface area (Å²) < 4.78 is 6.10. The highest BCUT2D eigenvalue weighted by Gasteiger charge is 2.25. The van der Waals surface area contributed by atoms with E-state index in [4.69, 9.17) is 21.3 Å². The van der Waals surface area contributed by atoms with E-state index in [9.17, 15) is 0 Å². The SMILES string of the molecule is Clc1cccc(Oc2ccccc2)c1CNc1nc2c3c([nH]nc3n1)CCN2Cc1ccccc1. The molecule has 0 saturated carbocycles. The van der Waals surface area contributed by atoms with Gasteiger partial charge in [0.15, 0.2) is 5.65 Å². The van der Waals surface area contributed by atoms with E-state index in [2.05, 4.69) is 49.7 Å². The van der Waals surface area contributed by atoms with Crippen molar-refractivity contribution < 1.29 is 4.74 Å². The molecule has 0 bridgehead atoms. The van der Waals surface area contributed by atoms with Crippen LogP contribution in [0.3, 0.4) is 0 Å². The van der Waals surface area contributed by atoms with Crippen LogP contribution in [0, 0.1) is 0 Å². The number of anilines is 2. The van der Waals surface area contributed by atoms with Crippen LogP contribution in [0.5, 0.6) is 11.5 Å². The molecule has 2 aromatic heterocycles. The summed E-state index contributed by atoms with van der Waals surface area (Å²) >= 11 is 6.55. The van der Waals surface area contributed by atoms with Gasteiger partial charge in [0.05, 0.1) is 11.1 Å². The van der Waals surface area contributed by atoms with E-state index < -0.39 is 0 Å². The molecule has 0 saturated heterocycles. The average Bonchev–Trinajstić information content (AvgIpc) is 3.30. The van der Waals surface area contributed by atoms with Crippen molar-refractivity contribution in [1.29, 1.82) is 0 Å². The predicted molar refractivity (Wildman–Crippen MR) is 138 cm³/mol. The lowest BCUT2D eigenvalue weighted by atomic mass is 10.1. The maximum absolute atomic E-state index is 6.55. The molecular weight excluding hydrogens is 460 g/mol. The summed E-state index contributed by atoms with van der Waals surface area (Å²) in [5.74, 6) is 2.82. The van der Waals surface area contributed by atoms with E-state index >= 15 is 0 Å². The number of aromatic nitrogens is 4. The highest BCUT2D eigenvalue weighted by atomic mass is 35.5. The maximum Gasteiger partial charge on any atom is 0.227 e. The molecule has 0 radical (unpaired) electrons. The molecule has 1 aliphatic rings. The summed E-state index contributed by atoms with van der Waals surface area (Å²) in [6, 6.07) is 25.7. The molecule has 8 heteroatoms. The summed E-state index contributed by atoms with van der Waals surface area (Å²) in [5, 5.41) is 12.5. The zero-order chi connectivity index (χ0) is 23.6. The Morgan fingerprint density at radius 1 is 0.943 bits per heavy atom. The molecule has 0 unspecified atom stereocenters. The fraction of sp³-hybridized carbons (Fsp3) is 0.148. The smallest absolute Gasteiger partial charge is 0.227 e. The summed E-state index contributed by atoms with van der Waals surface area (Å²) in [4.78, 5) is 11.8. The summed E-state index contributed by atoms with van der Waals surface area (Å²) in [5.41, 5.74) is 3.80. The van der Waals surface area contributed by atoms with Gasteiger partial charge in [-0.05, 0) is 29.8 Å². The van der Waals surface area contributed by atoms with Crippen molar-refractivity contribution in [1.82, 2.24) is 20.2 Å². The molecule has 3 aromatic carbocycles. The van der Waals surface area contributed by atoms with Gasteiger partial charge in [-0.15, -0.1) is 0 Å². The average molecular weight is 483 g/mol. The second-order valence-electron chi connectivity index (χ2n) is 8.41. The van der Waals surface area contributed by atoms with E-state index in [1.807, 2.05) is 54.6 Å². The van der Waals surface area contributed by atoms with Crippen LogP contribution in [0.2, 0.25) is 5.02 Å². The van der Waals surface area contributed by atoms with Crippen LogP contribution >= 0.6 is 11.6 Å². The molecule has 35 heavy (non-hydrogen) atoms. The molecule has 3 heterocycles. The third kappa shape index (κ3) is 4.38. The Labute approximate surface area is 207 Å². The van der Waals surface area contributed by atoms with Crippen LogP contribution in [0.1, 0.15) is 16.8 Å². The fourth-order valence-electron chi connectivity index (χ4n) is 4.35. The molecular formula is C27H23ClN6O. The minimum absolute atomic E-state index is 0.406. The number of ether oxygens (including phenoxy) is 1. The lowest BCUT2D eigenvalue weighted by molar-refractivity contribution is 0.477. The van der Waals surface area contributed by atoms with Gasteiger partial charge in [0.1, 0.15) is 17.3 Å². The van der Waals surface area contributed by atoms with Gasteiger partial charge in [-0.25, -0.2) is 0 Å². The van der Waals surface area contributed by atoms with Gasteiger partial charge in [0.25, 0.3) is 0 Å². The molecule has 1 aliphatic heterocycles. The Bertz CT molecular complexity index is 1470. The number of nitrogens with one attached hydrogen (secondary N) is 2. The first-order valence-electron chi connectivity index (χ1n) is 11.5. The molecule has 7 nitrogen and oxygen atoms in total. The number of halogens is 1. The Kier molecular flexibility index (Phi) is 5.68. The highest BCUT2D eigenvalue weighted by molar-refractivity contribution is 6.31. The second-order valence-corrected chi connectivity index (χ2v) is 8.82.